The van der Waals surface area contributed by atoms with Crippen molar-refractivity contribution in [3.8, 4) is 0 Å². The molecule has 25 heavy (non-hydrogen) atoms. The molecule has 0 atom stereocenters. The van der Waals surface area contributed by atoms with E-state index in [-0.39, 0.29) is 11.8 Å². The quantitative estimate of drug-likeness (QED) is 0.856. The molecule has 6 heteroatoms. The molecule has 0 spiro atoms. The Morgan fingerprint density at radius 1 is 1.16 bits per heavy atom. The standard InChI is InChI=1S/C19H20N4O2/c1-2-17-20-9-14-11-23(12-16(14)21-17)18(24)7-8-22-10-13-5-3-4-6-15(13)19(22)25/h3-6,9H,2,7-8,10-12H2,1H3. The lowest BCUT2D eigenvalue weighted by molar-refractivity contribution is -0.132. The van der Waals surface area contributed by atoms with E-state index in [0.717, 1.165) is 34.6 Å². The van der Waals surface area contributed by atoms with Crippen molar-refractivity contribution in [3.63, 3.8) is 0 Å². The highest BCUT2D eigenvalue weighted by Gasteiger charge is 2.29. The summed E-state index contributed by atoms with van der Waals surface area (Å²) in [5, 5.41) is 0. The summed E-state index contributed by atoms with van der Waals surface area (Å²) >= 11 is 0. The minimum Gasteiger partial charge on any atom is -0.334 e. The summed E-state index contributed by atoms with van der Waals surface area (Å²) in [5.41, 5.74) is 3.77. The number of aryl methyl sites for hydroxylation is 1. The Labute approximate surface area is 146 Å². The Balaban J connectivity index is 1.36. The zero-order chi connectivity index (χ0) is 17.4. The molecular formula is C19H20N4O2. The van der Waals surface area contributed by atoms with Gasteiger partial charge in [-0.15, -0.1) is 0 Å². The Bertz CT molecular complexity index is 849. The van der Waals surface area contributed by atoms with Crippen molar-refractivity contribution in [1.29, 1.82) is 0 Å². The lowest BCUT2D eigenvalue weighted by Gasteiger charge is -2.19. The van der Waals surface area contributed by atoms with Crippen molar-refractivity contribution in [3.05, 3.63) is 58.7 Å². The highest BCUT2D eigenvalue weighted by molar-refractivity contribution is 5.98. The van der Waals surface area contributed by atoms with Gasteiger partial charge in [0, 0.05) is 49.8 Å². The van der Waals surface area contributed by atoms with E-state index in [4.69, 9.17) is 0 Å². The van der Waals surface area contributed by atoms with Crippen molar-refractivity contribution in [2.45, 2.75) is 39.4 Å². The van der Waals surface area contributed by atoms with Crippen molar-refractivity contribution in [1.82, 2.24) is 19.8 Å². The Hall–Kier alpha value is -2.76. The molecule has 0 N–H and O–H groups in total. The molecule has 0 saturated heterocycles. The van der Waals surface area contributed by atoms with Gasteiger partial charge in [0.2, 0.25) is 5.91 Å². The number of hydrogen-bond donors (Lipinski definition) is 0. The van der Waals surface area contributed by atoms with E-state index in [1.807, 2.05) is 37.4 Å². The van der Waals surface area contributed by atoms with Crippen LogP contribution in [0.25, 0.3) is 0 Å². The Morgan fingerprint density at radius 3 is 2.80 bits per heavy atom. The van der Waals surface area contributed by atoms with Gasteiger partial charge in [-0.2, -0.15) is 0 Å². The first-order chi connectivity index (χ1) is 12.2. The van der Waals surface area contributed by atoms with Crippen LogP contribution < -0.4 is 0 Å². The average molecular weight is 336 g/mol. The van der Waals surface area contributed by atoms with E-state index >= 15 is 0 Å². The molecule has 3 heterocycles. The largest absolute Gasteiger partial charge is 0.334 e. The van der Waals surface area contributed by atoms with E-state index in [1.54, 1.807) is 9.80 Å². The lowest BCUT2D eigenvalue weighted by atomic mass is 10.1. The molecule has 2 aliphatic heterocycles. The van der Waals surface area contributed by atoms with Gasteiger partial charge in [0.05, 0.1) is 12.2 Å². The summed E-state index contributed by atoms with van der Waals surface area (Å²) in [6, 6.07) is 7.63. The van der Waals surface area contributed by atoms with Crippen LogP contribution in [0, 0.1) is 0 Å². The van der Waals surface area contributed by atoms with Crippen LogP contribution in [0.3, 0.4) is 0 Å². The number of aromatic nitrogens is 2. The van der Waals surface area contributed by atoms with Gasteiger partial charge in [-0.25, -0.2) is 9.97 Å². The van der Waals surface area contributed by atoms with E-state index in [9.17, 15) is 9.59 Å². The van der Waals surface area contributed by atoms with Crippen molar-refractivity contribution >= 4 is 11.8 Å². The minimum absolute atomic E-state index is 0.0200. The number of benzene rings is 1. The van der Waals surface area contributed by atoms with Crippen LogP contribution in [0.15, 0.2) is 30.5 Å². The summed E-state index contributed by atoms with van der Waals surface area (Å²) in [5.74, 6) is 0.889. The summed E-state index contributed by atoms with van der Waals surface area (Å²) < 4.78 is 0. The summed E-state index contributed by atoms with van der Waals surface area (Å²) in [4.78, 5) is 37.3. The molecule has 1 aromatic carbocycles. The lowest BCUT2D eigenvalue weighted by Crippen LogP contribution is -2.32. The van der Waals surface area contributed by atoms with Gasteiger partial charge in [-0.05, 0) is 11.6 Å². The number of rotatable bonds is 4. The molecule has 0 aliphatic carbocycles. The third-order valence-corrected chi connectivity index (χ3v) is 4.87. The average Bonchev–Trinajstić information content (AvgIpc) is 3.20. The van der Waals surface area contributed by atoms with Crippen LogP contribution >= 0.6 is 0 Å². The zero-order valence-corrected chi connectivity index (χ0v) is 14.2. The van der Waals surface area contributed by atoms with Crippen LogP contribution in [0.4, 0.5) is 0 Å². The number of hydrogen-bond acceptors (Lipinski definition) is 4. The zero-order valence-electron chi connectivity index (χ0n) is 14.2. The van der Waals surface area contributed by atoms with Gasteiger partial charge in [0.15, 0.2) is 0 Å². The SMILES string of the molecule is CCc1ncc2c(n1)CN(C(=O)CCN1Cc3ccccc3C1=O)C2. The fraction of sp³-hybridized carbons (Fsp3) is 0.368. The number of fused-ring (bicyclic) bond motifs is 2. The summed E-state index contributed by atoms with van der Waals surface area (Å²) in [7, 11) is 0. The van der Waals surface area contributed by atoms with Gasteiger partial charge in [-0.1, -0.05) is 25.1 Å². The molecule has 0 unspecified atom stereocenters. The van der Waals surface area contributed by atoms with Gasteiger partial charge in [0.1, 0.15) is 5.82 Å². The molecule has 2 aliphatic rings. The molecule has 0 saturated carbocycles. The van der Waals surface area contributed by atoms with Gasteiger partial charge in [0.25, 0.3) is 5.91 Å². The molecular weight excluding hydrogens is 316 g/mol. The highest BCUT2D eigenvalue weighted by atomic mass is 16.2. The molecule has 0 bridgehead atoms. The van der Waals surface area contributed by atoms with Crippen LogP contribution in [0.2, 0.25) is 0 Å². The van der Waals surface area contributed by atoms with Gasteiger partial charge in [-0.3, -0.25) is 9.59 Å². The highest BCUT2D eigenvalue weighted by Crippen LogP contribution is 2.24. The number of nitrogens with zero attached hydrogens (tertiary/aromatic N) is 4. The Morgan fingerprint density at radius 2 is 2.00 bits per heavy atom. The monoisotopic (exact) mass is 336 g/mol. The van der Waals surface area contributed by atoms with Crippen LogP contribution in [-0.4, -0.2) is 38.1 Å². The second-order valence-electron chi connectivity index (χ2n) is 6.50. The predicted molar refractivity (Wildman–Crippen MR) is 91.5 cm³/mol. The first kappa shape index (κ1) is 15.7. The number of carbonyl (C=O) groups is 2. The maximum Gasteiger partial charge on any atom is 0.254 e. The summed E-state index contributed by atoms with van der Waals surface area (Å²) in [6.45, 7) is 4.16. The topological polar surface area (TPSA) is 66.4 Å². The minimum atomic E-state index is 0.0200. The first-order valence-corrected chi connectivity index (χ1v) is 8.64. The molecule has 4 rings (SSSR count). The maximum atomic E-state index is 12.5. The van der Waals surface area contributed by atoms with E-state index in [1.165, 1.54) is 0 Å². The molecule has 128 valence electrons. The third kappa shape index (κ3) is 2.88. The maximum absolute atomic E-state index is 12.5. The molecule has 0 radical (unpaired) electrons. The third-order valence-electron chi connectivity index (χ3n) is 4.87. The van der Waals surface area contributed by atoms with Gasteiger partial charge >= 0.3 is 0 Å². The van der Waals surface area contributed by atoms with E-state index < -0.39 is 0 Å². The van der Waals surface area contributed by atoms with Crippen LogP contribution in [-0.2, 0) is 30.8 Å². The molecule has 2 amide bonds. The molecule has 6 nitrogen and oxygen atoms in total. The van der Waals surface area contributed by atoms with Crippen molar-refractivity contribution in [2.75, 3.05) is 6.54 Å². The van der Waals surface area contributed by atoms with Crippen molar-refractivity contribution in [2.24, 2.45) is 0 Å². The number of carbonyl (C=O) groups excluding carboxylic acids is 2. The molecule has 1 aromatic heterocycles. The number of amides is 2. The summed E-state index contributed by atoms with van der Waals surface area (Å²) in [6.07, 6.45) is 2.95. The molecule has 2 aromatic rings. The van der Waals surface area contributed by atoms with Crippen LogP contribution in [0.5, 0.6) is 0 Å². The van der Waals surface area contributed by atoms with Gasteiger partial charge < -0.3 is 9.80 Å². The fourth-order valence-corrected chi connectivity index (χ4v) is 3.43. The normalized spacial score (nSPS) is 15.5. The van der Waals surface area contributed by atoms with Crippen LogP contribution in [0.1, 0.15) is 46.3 Å². The van der Waals surface area contributed by atoms with E-state index in [0.29, 0.717) is 32.6 Å². The Kier molecular flexibility index (Phi) is 3.95. The fourth-order valence-electron chi connectivity index (χ4n) is 3.43. The van der Waals surface area contributed by atoms with Crippen molar-refractivity contribution < 1.29 is 9.59 Å². The predicted octanol–water partition coefficient (Wildman–Crippen LogP) is 1.93. The second kappa shape index (κ2) is 6.27. The van der Waals surface area contributed by atoms with E-state index in [2.05, 4.69) is 9.97 Å². The first-order valence-electron chi connectivity index (χ1n) is 8.64. The second-order valence-corrected chi connectivity index (χ2v) is 6.50. The molecule has 0 fully saturated rings. The smallest absolute Gasteiger partial charge is 0.254 e.